The van der Waals surface area contributed by atoms with Gasteiger partial charge >= 0.3 is 0 Å². The summed E-state index contributed by atoms with van der Waals surface area (Å²) in [5.41, 5.74) is 0.169. The fourth-order valence-corrected chi connectivity index (χ4v) is 3.59. The second-order valence-electron chi connectivity index (χ2n) is 5.40. The van der Waals surface area contributed by atoms with Gasteiger partial charge in [0.1, 0.15) is 5.82 Å². The smallest absolute Gasteiger partial charge is 0.257 e. The predicted octanol–water partition coefficient (Wildman–Crippen LogP) is 2.27. The number of nitrogens with one attached hydrogen (secondary N) is 1. The molecule has 2 heterocycles. The van der Waals surface area contributed by atoms with Gasteiger partial charge < -0.3 is 10.2 Å². The Morgan fingerprint density at radius 3 is 2.95 bits per heavy atom. The fourth-order valence-electron chi connectivity index (χ4n) is 3.25. The third kappa shape index (κ3) is 2.19. The van der Waals surface area contributed by atoms with Crippen molar-refractivity contribution in [3.63, 3.8) is 0 Å². The second-order valence-corrected chi connectivity index (χ2v) is 6.32. The first-order valence-corrected chi connectivity index (χ1v) is 7.34. The second kappa shape index (κ2) is 4.87. The highest BCUT2D eigenvalue weighted by Crippen LogP contribution is 2.33. The summed E-state index contributed by atoms with van der Waals surface area (Å²) in [6.45, 7) is 4.71. The molecule has 2 aliphatic heterocycles. The van der Waals surface area contributed by atoms with Crippen molar-refractivity contribution in [1.82, 2.24) is 10.2 Å². The number of nitrogens with zero attached hydrogens (tertiary/aromatic N) is 1. The minimum Gasteiger partial charge on any atom is -0.335 e. The number of benzene rings is 1. The Hall–Kier alpha value is -0.940. The number of carbonyl (C=O) groups excluding carboxylic acids is 1. The Balaban J connectivity index is 1.84. The predicted molar refractivity (Wildman–Crippen MR) is 74.4 cm³/mol. The molecule has 0 spiro atoms. The van der Waals surface area contributed by atoms with Gasteiger partial charge in [-0.3, -0.25) is 4.79 Å². The third-order valence-corrected chi connectivity index (χ3v) is 4.85. The van der Waals surface area contributed by atoms with E-state index in [1.165, 1.54) is 6.07 Å². The van der Waals surface area contributed by atoms with Gasteiger partial charge in [0, 0.05) is 30.1 Å². The molecular formula is C14H16BrFN2O. The minimum atomic E-state index is -0.457. The lowest BCUT2D eigenvalue weighted by molar-refractivity contribution is 0.0724. The van der Waals surface area contributed by atoms with Crippen molar-refractivity contribution < 1.29 is 9.18 Å². The van der Waals surface area contributed by atoms with Crippen molar-refractivity contribution in [2.24, 2.45) is 11.8 Å². The highest BCUT2D eigenvalue weighted by Gasteiger charge is 2.44. The molecule has 0 radical (unpaired) electrons. The van der Waals surface area contributed by atoms with E-state index < -0.39 is 5.82 Å². The van der Waals surface area contributed by atoms with E-state index in [2.05, 4.69) is 28.2 Å². The zero-order valence-corrected chi connectivity index (χ0v) is 12.3. The molecule has 0 saturated carbocycles. The van der Waals surface area contributed by atoms with Crippen LogP contribution in [0.25, 0.3) is 0 Å². The van der Waals surface area contributed by atoms with E-state index in [0.29, 0.717) is 16.3 Å². The zero-order chi connectivity index (χ0) is 13.6. The number of rotatable bonds is 1. The van der Waals surface area contributed by atoms with Gasteiger partial charge in [0.05, 0.1) is 5.56 Å². The molecule has 3 rings (SSSR count). The van der Waals surface area contributed by atoms with Gasteiger partial charge in [0.2, 0.25) is 0 Å². The van der Waals surface area contributed by atoms with Crippen LogP contribution in [0.3, 0.4) is 0 Å². The molecule has 2 saturated heterocycles. The lowest BCUT2D eigenvalue weighted by Crippen LogP contribution is -2.38. The van der Waals surface area contributed by atoms with Crippen molar-refractivity contribution in [3.05, 3.63) is 34.1 Å². The summed E-state index contributed by atoms with van der Waals surface area (Å²) >= 11 is 3.21. The number of hydrogen-bond donors (Lipinski definition) is 1. The maximum absolute atomic E-state index is 13.9. The number of amides is 1. The van der Waals surface area contributed by atoms with Gasteiger partial charge in [0.25, 0.3) is 5.91 Å². The van der Waals surface area contributed by atoms with Gasteiger partial charge in [-0.05, 0) is 37.0 Å². The minimum absolute atomic E-state index is 0.169. The van der Waals surface area contributed by atoms with Crippen LogP contribution in [0.2, 0.25) is 0 Å². The lowest BCUT2D eigenvalue weighted by atomic mass is 9.95. The first-order chi connectivity index (χ1) is 9.08. The number of hydrogen-bond acceptors (Lipinski definition) is 2. The van der Waals surface area contributed by atoms with Crippen LogP contribution in [0.15, 0.2) is 22.7 Å². The molecule has 2 aliphatic rings. The Labute approximate surface area is 120 Å². The highest BCUT2D eigenvalue weighted by molar-refractivity contribution is 9.10. The first-order valence-electron chi connectivity index (χ1n) is 6.54. The summed E-state index contributed by atoms with van der Waals surface area (Å²) in [7, 11) is 0. The molecule has 0 aromatic heterocycles. The summed E-state index contributed by atoms with van der Waals surface area (Å²) in [6, 6.07) is 4.78. The van der Waals surface area contributed by atoms with Crippen molar-refractivity contribution in [3.8, 4) is 0 Å². The van der Waals surface area contributed by atoms with Crippen molar-refractivity contribution in [2.45, 2.75) is 13.0 Å². The summed E-state index contributed by atoms with van der Waals surface area (Å²) in [5, 5.41) is 3.35. The normalized spacial score (nSPS) is 29.6. The van der Waals surface area contributed by atoms with E-state index in [0.717, 1.165) is 19.6 Å². The van der Waals surface area contributed by atoms with Crippen LogP contribution < -0.4 is 5.32 Å². The summed E-state index contributed by atoms with van der Waals surface area (Å²) < 4.78 is 14.5. The number of fused-ring (bicyclic) bond motifs is 1. The average Bonchev–Trinajstić information content (AvgIpc) is 2.92. The zero-order valence-electron chi connectivity index (χ0n) is 10.7. The van der Waals surface area contributed by atoms with E-state index >= 15 is 0 Å². The van der Waals surface area contributed by atoms with Crippen LogP contribution in [0.1, 0.15) is 17.3 Å². The Kier molecular flexibility index (Phi) is 3.35. The molecule has 1 amide bonds. The summed E-state index contributed by atoms with van der Waals surface area (Å²) in [6.07, 6.45) is 0. The number of carbonyl (C=O) groups is 1. The van der Waals surface area contributed by atoms with Crippen LogP contribution in [0.4, 0.5) is 4.39 Å². The topological polar surface area (TPSA) is 32.3 Å². The van der Waals surface area contributed by atoms with E-state index in [4.69, 9.17) is 0 Å². The van der Waals surface area contributed by atoms with Crippen molar-refractivity contribution in [2.75, 3.05) is 19.6 Å². The fraction of sp³-hybridized carbons (Fsp3) is 0.500. The largest absolute Gasteiger partial charge is 0.335 e. The maximum Gasteiger partial charge on any atom is 0.257 e. The average molecular weight is 327 g/mol. The Morgan fingerprint density at radius 1 is 1.47 bits per heavy atom. The molecule has 1 N–H and O–H groups in total. The SMILES string of the molecule is CC1C2CNCC2CN1C(=O)c1ccc(Br)cc1F. The third-order valence-electron chi connectivity index (χ3n) is 4.36. The van der Waals surface area contributed by atoms with E-state index in [1.54, 1.807) is 12.1 Å². The van der Waals surface area contributed by atoms with Gasteiger partial charge in [-0.25, -0.2) is 4.39 Å². The van der Waals surface area contributed by atoms with Gasteiger partial charge in [0.15, 0.2) is 0 Å². The molecule has 102 valence electrons. The molecule has 3 nitrogen and oxygen atoms in total. The van der Waals surface area contributed by atoms with Crippen molar-refractivity contribution >= 4 is 21.8 Å². The standard InChI is InChI=1S/C14H16BrFN2O/c1-8-12-6-17-5-9(12)7-18(8)14(19)11-3-2-10(15)4-13(11)16/h2-4,8-9,12,17H,5-7H2,1H3. The molecule has 19 heavy (non-hydrogen) atoms. The van der Waals surface area contributed by atoms with E-state index in [-0.39, 0.29) is 17.5 Å². The molecule has 0 aliphatic carbocycles. The maximum atomic E-state index is 13.9. The van der Waals surface area contributed by atoms with E-state index in [1.807, 2.05) is 4.90 Å². The first kappa shape index (κ1) is 13.1. The summed E-state index contributed by atoms with van der Waals surface area (Å²) in [5.74, 6) is 0.369. The van der Waals surface area contributed by atoms with Gasteiger partial charge in [-0.2, -0.15) is 0 Å². The van der Waals surface area contributed by atoms with Gasteiger partial charge in [-0.1, -0.05) is 15.9 Å². The van der Waals surface area contributed by atoms with Crippen LogP contribution in [-0.2, 0) is 0 Å². The van der Waals surface area contributed by atoms with Crippen LogP contribution in [0, 0.1) is 17.7 Å². The van der Waals surface area contributed by atoms with Crippen molar-refractivity contribution in [1.29, 1.82) is 0 Å². The molecule has 2 fully saturated rings. The summed E-state index contributed by atoms with van der Waals surface area (Å²) in [4.78, 5) is 14.3. The van der Waals surface area contributed by atoms with Gasteiger partial charge in [-0.15, -0.1) is 0 Å². The Morgan fingerprint density at radius 2 is 2.26 bits per heavy atom. The van der Waals surface area contributed by atoms with Crippen LogP contribution >= 0.6 is 15.9 Å². The highest BCUT2D eigenvalue weighted by atomic mass is 79.9. The number of likely N-dealkylation sites (tertiary alicyclic amines) is 1. The lowest BCUT2D eigenvalue weighted by Gasteiger charge is -2.24. The molecular weight excluding hydrogens is 311 g/mol. The van der Waals surface area contributed by atoms with E-state index in [9.17, 15) is 9.18 Å². The molecule has 0 bridgehead atoms. The molecule has 3 atom stereocenters. The molecule has 5 heteroatoms. The van der Waals surface area contributed by atoms with Crippen LogP contribution in [0.5, 0.6) is 0 Å². The molecule has 1 aromatic rings. The molecule has 1 aromatic carbocycles. The number of halogens is 2. The monoisotopic (exact) mass is 326 g/mol. The quantitative estimate of drug-likeness (QED) is 0.858. The van der Waals surface area contributed by atoms with Crippen LogP contribution in [-0.4, -0.2) is 36.5 Å². The molecule has 3 unspecified atom stereocenters. The Bertz CT molecular complexity index is 522.